The Morgan fingerprint density at radius 1 is 1.73 bits per heavy atom. The van der Waals surface area contributed by atoms with Crippen LogP contribution >= 0.6 is 0 Å². The van der Waals surface area contributed by atoms with Gasteiger partial charge in [-0.05, 0) is 6.92 Å². The van der Waals surface area contributed by atoms with Gasteiger partial charge in [0.25, 0.3) is 0 Å². The zero-order chi connectivity index (χ0) is 8.91. The minimum atomic E-state index is -3.19. The summed E-state index contributed by atoms with van der Waals surface area (Å²) in [6.45, 7) is 2.92. The molecule has 0 aromatic carbocycles. The lowest BCUT2D eigenvalue weighted by Crippen LogP contribution is -2.17. The van der Waals surface area contributed by atoms with Crippen molar-refractivity contribution in [1.29, 1.82) is 5.41 Å². The van der Waals surface area contributed by atoms with E-state index in [1.807, 2.05) is 0 Å². The van der Waals surface area contributed by atoms with E-state index in [9.17, 15) is 8.42 Å². The zero-order valence-electron chi connectivity index (χ0n) is 6.46. The number of nitrogens with one attached hydrogen (secondary N) is 2. The standard InChI is InChI=1S/C5H11N3O2S/c1-3-11(9,10)5(2)8-7-4-6/h4H,3H2,1-2H3,(H2,6,7)/b8-5+. The third-order valence-electron chi connectivity index (χ3n) is 1.12. The molecule has 2 N–H and O–H groups in total. The topological polar surface area (TPSA) is 82.4 Å². The minimum absolute atomic E-state index is 0.00324. The summed E-state index contributed by atoms with van der Waals surface area (Å²) in [4.78, 5) is 0. The first-order valence-electron chi connectivity index (χ1n) is 3.06. The van der Waals surface area contributed by atoms with Crippen molar-refractivity contribution in [2.75, 3.05) is 5.75 Å². The summed E-state index contributed by atoms with van der Waals surface area (Å²) in [6.07, 6.45) is 0.814. The molecule has 0 bridgehead atoms. The number of hydrogen-bond acceptors (Lipinski definition) is 4. The molecule has 0 unspecified atom stereocenters. The predicted octanol–water partition coefficient (Wildman–Crippen LogP) is -0.0488. The molecule has 0 saturated carbocycles. The maximum Gasteiger partial charge on any atom is 0.192 e. The third kappa shape index (κ3) is 3.13. The van der Waals surface area contributed by atoms with Crippen LogP contribution in [0.2, 0.25) is 0 Å². The molecule has 0 heterocycles. The molecule has 0 aliphatic rings. The maximum absolute atomic E-state index is 11.0. The molecule has 6 heteroatoms. The van der Waals surface area contributed by atoms with Crippen LogP contribution in [0, 0.1) is 5.41 Å². The van der Waals surface area contributed by atoms with Gasteiger partial charge in [-0.2, -0.15) is 5.10 Å². The Hall–Kier alpha value is -0.910. The second kappa shape index (κ2) is 4.07. The minimum Gasteiger partial charge on any atom is -0.290 e. The molecule has 0 spiro atoms. The van der Waals surface area contributed by atoms with Crippen LogP contribution in [-0.2, 0) is 9.84 Å². The first-order valence-corrected chi connectivity index (χ1v) is 4.71. The Labute approximate surface area is 65.9 Å². The van der Waals surface area contributed by atoms with Gasteiger partial charge in [-0.3, -0.25) is 10.8 Å². The van der Waals surface area contributed by atoms with Crippen LogP contribution in [0.1, 0.15) is 13.8 Å². The predicted molar refractivity (Wildman–Crippen MR) is 44.5 cm³/mol. The SMILES string of the molecule is CCS(=O)(=O)/C(C)=N/NC=N. The van der Waals surface area contributed by atoms with E-state index < -0.39 is 9.84 Å². The van der Waals surface area contributed by atoms with E-state index in [4.69, 9.17) is 5.41 Å². The quantitative estimate of drug-likeness (QED) is 0.360. The molecular formula is C5H11N3O2S. The van der Waals surface area contributed by atoms with Crippen molar-refractivity contribution in [3.63, 3.8) is 0 Å². The molecule has 0 aliphatic heterocycles. The largest absolute Gasteiger partial charge is 0.290 e. The van der Waals surface area contributed by atoms with Crippen LogP contribution in [0.15, 0.2) is 5.10 Å². The van der Waals surface area contributed by atoms with Crippen molar-refractivity contribution in [3.8, 4) is 0 Å². The molecule has 0 fully saturated rings. The zero-order valence-corrected chi connectivity index (χ0v) is 7.27. The van der Waals surface area contributed by atoms with Crippen molar-refractivity contribution in [2.45, 2.75) is 13.8 Å². The van der Waals surface area contributed by atoms with Crippen molar-refractivity contribution in [1.82, 2.24) is 5.43 Å². The normalized spacial score (nSPS) is 12.7. The maximum atomic E-state index is 11.0. The van der Waals surface area contributed by atoms with E-state index in [1.165, 1.54) is 6.92 Å². The lowest BCUT2D eigenvalue weighted by Gasteiger charge is -1.97. The van der Waals surface area contributed by atoms with E-state index in [2.05, 4.69) is 10.5 Å². The molecule has 0 saturated heterocycles. The third-order valence-corrected chi connectivity index (χ3v) is 2.87. The Morgan fingerprint density at radius 2 is 2.27 bits per heavy atom. The number of hydrazone groups is 1. The van der Waals surface area contributed by atoms with Crippen LogP contribution in [0.3, 0.4) is 0 Å². The molecule has 0 aliphatic carbocycles. The molecule has 0 amide bonds. The smallest absolute Gasteiger partial charge is 0.192 e. The van der Waals surface area contributed by atoms with Crippen LogP contribution in [0.4, 0.5) is 0 Å². The number of hydrogen-bond donors (Lipinski definition) is 2. The van der Waals surface area contributed by atoms with Crippen LogP contribution < -0.4 is 5.43 Å². The molecular weight excluding hydrogens is 166 g/mol. The van der Waals surface area contributed by atoms with Gasteiger partial charge in [0.05, 0.1) is 12.1 Å². The summed E-state index contributed by atoms with van der Waals surface area (Å²) in [5, 5.41) is 9.94. The highest BCUT2D eigenvalue weighted by Crippen LogP contribution is 1.91. The van der Waals surface area contributed by atoms with E-state index in [0.717, 1.165) is 6.34 Å². The van der Waals surface area contributed by atoms with Gasteiger partial charge < -0.3 is 0 Å². The lowest BCUT2D eigenvalue weighted by atomic mass is 10.9. The van der Waals surface area contributed by atoms with Gasteiger partial charge in [0.2, 0.25) is 0 Å². The van der Waals surface area contributed by atoms with Crippen molar-refractivity contribution < 1.29 is 8.42 Å². The number of nitrogens with zero attached hydrogens (tertiary/aromatic N) is 1. The molecule has 0 atom stereocenters. The molecule has 5 nitrogen and oxygen atoms in total. The Bertz CT molecular complexity index is 255. The Kier molecular flexibility index (Phi) is 3.73. The summed E-state index contributed by atoms with van der Waals surface area (Å²) in [5.41, 5.74) is 2.14. The highest BCUT2D eigenvalue weighted by atomic mass is 32.2. The lowest BCUT2D eigenvalue weighted by molar-refractivity contribution is 0.608. The van der Waals surface area contributed by atoms with E-state index >= 15 is 0 Å². The highest BCUT2D eigenvalue weighted by Gasteiger charge is 2.10. The fourth-order valence-electron chi connectivity index (χ4n) is 0.402. The van der Waals surface area contributed by atoms with E-state index in [0.29, 0.717) is 0 Å². The van der Waals surface area contributed by atoms with Gasteiger partial charge in [0.15, 0.2) is 9.84 Å². The van der Waals surface area contributed by atoms with Crippen LogP contribution in [0.5, 0.6) is 0 Å². The fraction of sp³-hybridized carbons (Fsp3) is 0.600. The summed E-state index contributed by atoms with van der Waals surface area (Å²) < 4.78 is 21.9. The van der Waals surface area contributed by atoms with E-state index in [-0.39, 0.29) is 10.8 Å². The Morgan fingerprint density at radius 3 is 2.64 bits per heavy atom. The van der Waals surface area contributed by atoms with Crippen molar-refractivity contribution in [2.24, 2.45) is 5.10 Å². The van der Waals surface area contributed by atoms with Gasteiger partial charge in [-0.25, -0.2) is 8.42 Å². The van der Waals surface area contributed by atoms with E-state index in [1.54, 1.807) is 6.92 Å². The molecule has 0 radical (unpaired) electrons. The van der Waals surface area contributed by atoms with Crippen LogP contribution in [0.25, 0.3) is 0 Å². The summed E-state index contributed by atoms with van der Waals surface area (Å²) in [6, 6.07) is 0. The summed E-state index contributed by atoms with van der Waals surface area (Å²) in [7, 11) is -3.19. The molecule has 11 heavy (non-hydrogen) atoms. The molecule has 0 aromatic heterocycles. The van der Waals surface area contributed by atoms with Gasteiger partial charge in [-0.15, -0.1) is 0 Å². The van der Waals surface area contributed by atoms with Gasteiger partial charge >= 0.3 is 0 Å². The van der Waals surface area contributed by atoms with Gasteiger partial charge in [0, 0.05) is 0 Å². The summed E-state index contributed by atoms with van der Waals surface area (Å²) >= 11 is 0. The second-order valence-electron chi connectivity index (χ2n) is 1.81. The average Bonchev–Trinajstić information content (AvgIpc) is 2.00. The van der Waals surface area contributed by atoms with Crippen LogP contribution in [-0.4, -0.2) is 25.6 Å². The number of rotatable bonds is 3. The average molecular weight is 177 g/mol. The fourth-order valence-corrected chi connectivity index (χ4v) is 1.01. The molecule has 0 aromatic rings. The first-order chi connectivity index (χ1) is 5.04. The van der Waals surface area contributed by atoms with Crippen molar-refractivity contribution >= 4 is 21.2 Å². The monoisotopic (exact) mass is 177 g/mol. The number of sulfone groups is 1. The van der Waals surface area contributed by atoms with Gasteiger partial charge in [0.1, 0.15) is 5.04 Å². The van der Waals surface area contributed by atoms with Crippen molar-refractivity contribution in [3.05, 3.63) is 0 Å². The highest BCUT2D eigenvalue weighted by molar-refractivity contribution is 8.06. The second-order valence-corrected chi connectivity index (χ2v) is 4.21. The molecule has 0 rings (SSSR count). The first kappa shape index (κ1) is 10.1. The molecule has 64 valence electrons. The Balaban J connectivity index is 4.47. The van der Waals surface area contributed by atoms with Gasteiger partial charge in [-0.1, -0.05) is 6.92 Å². The summed E-state index contributed by atoms with van der Waals surface area (Å²) in [5.74, 6) is 0.0298.